The van der Waals surface area contributed by atoms with E-state index in [4.69, 9.17) is 17.3 Å². The fourth-order valence-electron chi connectivity index (χ4n) is 2.98. The van der Waals surface area contributed by atoms with Gasteiger partial charge in [-0.2, -0.15) is 0 Å². The van der Waals surface area contributed by atoms with E-state index in [0.29, 0.717) is 6.04 Å². The van der Waals surface area contributed by atoms with Crippen LogP contribution in [-0.2, 0) is 0 Å². The molecule has 0 spiro atoms. The molecule has 1 aliphatic rings. The minimum atomic E-state index is 0.140. The molecule has 2 nitrogen and oxygen atoms in total. The fraction of sp³-hybridized carbons (Fsp3) is 0.294. The lowest BCUT2D eigenvalue weighted by Crippen LogP contribution is -2.23. The zero-order valence-corrected chi connectivity index (χ0v) is 12.3. The molecule has 3 atom stereocenters. The second-order valence-corrected chi connectivity index (χ2v) is 5.90. The van der Waals surface area contributed by atoms with Gasteiger partial charge in [-0.25, -0.2) is 0 Å². The summed E-state index contributed by atoms with van der Waals surface area (Å²) < 4.78 is 0. The standard InChI is InChI=1S/C17H19ClN2/c1-11(12-6-8-13(18)9-7-12)20-17-10-16(19)14-4-2-3-5-15(14)17/h2-9,11,16-17,20H,10,19H2,1H3. The SMILES string of the molecule is CC(NC1CC(N)c2ccccc21)c1ccc(Cl)cc1. The lowest BCUT2D eigenvalue weighted by atomic mass is 10.0. The van der Waals surface area contributed by atoms with Gasteiger partial charge in [-0.3, -0.25) is 0 Å². The highest BCUT2D eigenvalue weighted by molar-refractivity contribution is 6.30. The Hall–Kier alpha value is -1.35. The maximum Gasteiger partial charge on any atom is 0.0406 e. The van der Waals surface area contributed by atoms with Gasteiger partial charge in [-0.15, -0.1) is 0 Å². The summed E-state index contributed by atoms with van der Waals surface area (Å²) in [4.78, 5) is 0. The largest absolute Gasteiger partial charge is 0.324 e. The first-order chi connectivity index (χ1) is 9.65. The summed E-state index contributed by atoms with van der Waals surface area (Å²) in [5, 5.41) is 4.45. The number of nitrogens with two attached hydrogens (primary N) is 1. The van der Waals surface area contributed by atoms with Crippen molar-refractivity contribution in [1.82, 2.24) is 5.32 Å². The Labute approximate surface area is 125 Å². The number of hydrogen-bond donors (Lipinski definition) is 2. The van der Waals surface area contributed by atoms with Gasteiger partial charge in [0.15, 0.2) is 0 Å². The molecule has 3 unspecified atom stereocenters. The average Bonchev–Trinajstić information content (AvgIpc) is 2.77. The molecular weight excluding hydrogens is 268 g/mol. The van der Waals surface area contributed by atoms with E-state index in [1.807, 2.05) is 12.1 Å². The molecule has 0 aliphatic heterocycles. The normalized spacial score (nSPS) is 22.6. The van der Waals surface area contributed by atoms with Crippen LogP contribution >= 0.6 is 11.6 Å². The molecule has 0 amide bonds. The minimum absolute atomic E-state index is 0.140. The molecule has 0 fully saturated rings. The third kappa shape index (κ3) is 2.59. The second-order valence-electron chi connectivity index (χ2n) is 5.46. The first kappa shape index (κ1) is 13.6. The Kier molecular flexibility index (Phi) is 3.79. The van der Waals surface area contributed by atoms with Crippen molar-refractivity contribution in [3.05, 3.63) is 70.2 Å². The van der Waals surface area contributed by atoms with E-state index in [-0.39, 0.29) is 12.1 Å². The second kappa shape index (κ2) is 5.57. The molecular formula is C17H19ClN2. The molecule has 3 rings (SSSR count). The minimum Gasteiger partial charge on any atom is -0.324 e. The maximum absolute atomic E-state index is 6.21. The highest BCUT2D eigenvalue weighted by atomic mass is 35.5. The van der Waals surface area contributed by atoms with Crippen LogP contribution in [0.1, 0.15) is 48.2 Å². The van der Waals surface area contributed by atoms with E-state index in [2.05, 4.69) is 48.6 Å². The molecule has 0 saturated carbocycles. The van der Waals surface area contributed by atoms with Crippen molar-refractivity contribution in [2.24, 2.45) is 5.73 Å². The Morgan fingerprint density at radius 1 is 1.10 bits per heavy atom. The number of benzene rings is 2. The number of halogens is 1. The summed E-state index contributed by atoms with van der Waals surface area (Å²) in [5.74, 6) is 0. The molecule has 2 aromatic rings. The van der Waals surface area contributed by atoms with Gasteiger partial charge in [0.2, 0.25) is 0 Å². The third-order valence-corrected chi connectivity index (χ3v) is 4.33. The van der Waals surface area contributed by atoms with Gasteiger partial charge in [0.05, 0.1) is 0 Å². The molecule has 104 valence electrons. The van der Waals surface area contributed by atoms with Gasteiger partial charge in [0, 0.05) is 23.1 Å². The van der Waals surface area contributed by atoms with Crippen LogP contribution in [0.25, 0.3) is 0 Å². The topological polar surface area (TPSA) is 38.0 Å². The van der Waals surface area contributed by atoms with Crippen molar-refractivity contribution in [2.45, 2.75) is 31.5 Å². The van der Waals surface area contributed by atoms with Gasteiger partial charge >= 0.3 is 0 Å². The molecule has 1 aliphatic carbocycles. The predicted octanol–water partition coefficient (Wildman–Crippen LogP) is 4.14. The van der Waals surface area contributed by atoms with Crippen LogP contribution in [0.2, 0.25) is 5.02 Å². The number of fused-ring (bicyclic) bond motifs is 1. The number of hydrogen-bond acceptors (Lipinski definition) is 2. The molecule has 2 aromatic carbocycles. The monoisotopic (exact) mass is 286 g/mol. The van der Waals surface area contributed by atoms with Gasteiger partial charge in [-0.05, 0) is 42.2 Å². The van der Waals surface area contributed by atoms with E-state index in [1.165, 1.54) is 16.7 Å². The Balaban J connectivity index is 1.77. The molecule has 0 bridgehead atoms. The van der Waals surface area contributed by atoms with Crippen molar-refractivity contribution in [3.8, 4) is 0 Å². The summed E-state index contributed by atoms with van der Waals surface area (Å²) in [6.07, 6.45) is 0.956. The molecule has 0 heterocycles. The van der Waals surface area contributed by atoms with Gasteiger partial charge in [0.1, 0.15) is 0 Å². The summed E-state index contributed by atoms with van der Waals surface area (Å²) in [7, 11) is 0. The Morgan fingerprint density at radius 3 is 2.45 bits per heavy atom. The molecule has 0 radical (unpaired) electrons. The quantitative estimate of drug-likeness (QED) is 0.890. The van der Waals surface area contributed by atoms with E-state index in [0.717, 1.165) is 11.4 Å². The zero-order valence-electron chi connectivity index (χ0n) is 11.5. The van der Waals surface area contributed by atoms with Crippen molar-refractivity contribution >= 4 is 11.6 Å². The van der Waals surface area contributed by atoms with Crippen molar-refractivity contribution in [2.75, 3.05) is 0 Å². The van der Waals surface area contributed by atoms with Crippen LogP contribution in [0.3, 0.4) is 0 Å². The van der Waals surface area contributed by atoms with E-state index in [1.54, 1.807) is 0 Å². The van der Waals surface area contributed by atoms with E-state index >= 15 is 0 Å². The van der Waals surface area contributed by atoms with E-state index in [9.17, 15) is 0 Å². The van der Waals surface area contributed by atoms with Crippen LogP contribution in [0.15, 0.2) is 48.5 Å². The summed E-state index contributed by atoms with van der Waals surface area (Å²) in [6, 6.07) is 17.2. The fourth-order valence-corrected chi connectivity index (χ4v) is 3.11. The first-order valence-corrected chi connectivity index (χ1v) is 7.39. The van der Waals surface area contributed by atoms with Crippen LogP contribution in [0, 0.1) is 0 Å². The highest BCUT2D eigenvalue weighted by Crippen LogP contribution is 2.38. The lowest BCUT2D eigenvalue weighted by molar-refractivity contribution is 0.446. The average molecular weight is 287 g/mol. The number of nitrogens with one attached hydrogen (secondary N) is 1. The van der Waals surface area contributed by atoms with Crippen molar-refractivity contribution in [3.63, 3.8) is 0 Å². The number of rotatable bonds is 3. The molecule has 0 saturated heterocycles. The Bertz CT molecular complexity index is 594. The molecule has 3 N–H and O–H groups in total. The molecule has 3 heteroatoms. The van der Waals surface area contributed by atoms with Crippen LogP contribution in [0.5, 0.6) is 0 Å². The van der Waals surface area contributed by atoms with Crippen molar-refractivity contribution < 1.29 is 0 Å². The smallest absolute Gasteiger partial charge is 0.0406 e. The summed E-state index contributed by atoms with van der Waals surface area (Å²) in [5.41, 5.74) is 10.1. The summed E-state index contributed by atoms with van der Waals surface area (Å²) >= 11 is 5.94. The van der Waals surface area contributed by atoms with Crippen LogP contribution in [-0.4, -0.2) is 0 Å². The predicted molar refractivity (Wildman–Crippen MR) is 83.7 cm³/mol. The lowest BCUT2D eigenvalue weighted by Gasteiger charge is -2.21. The maximum atomic E-state index is 6.21. The molecule has 0 aromatic heterocycles. The van der Waals surface area contributed by atoms with Gasteiger partial charge in [0.25, 0.3) is 0 Å². The van der Waals surface area contributed by atoms with Crippen molar-refractivity contribution in [1.29, 1.82) is 0 Å². The van der Waals surface area contributed by atoms with E-state index < -0.39 is 0 Å². The highest BCUT2D eigenvalue weighted by Gasteiger charge is 2.28. The Morgan fingerprint density at radius 2 is 1.75 bits per heavy atom. The van der Waals surface area contributed by atoms with Gasteiger partial charge in [-0.1, -0.05) is 48.0 Å². The van der Waals surface area contributed by atoms with Gasteiger partial charge < -0.3 is 11.1 Å². The van der Waals surface area contributed by atoms with Crippen LogP contribution in [0.4, 0.5) is 0 Å². The van der Waals surface area contributed by atoms with Crippen LogP contribution < -0.4 is 11.1 Å². The summed E-state index contributed by atoms with van der Waals surface area (Å²) in [6.45, 7) is 2.18. The zero-order chi connectivity index (χ0) is 14.1. The third-order valence-electron chi connectivity index (χ3n) is 4.08. The molecule has 20 heavy (non-hydrogen) atoms. The first-order valence-electron chi connectivity index (χ1n) is 7.01.